The van der Waals surface area contributed by atoms with E-state index in [1.807, 2.05) is 24.3 Å². The smallest absolute Gasteiger partial charge is 0.329 e. The fourth-order valence-corrected chi connectivity index (χ4v) is 3.73. The Morgan fingerprint density at radius 1 is 1.41 bits per heavy atom. The van der Waals surface area contributed by atoms with Gasteiger partial charge in [-0.25, -0.2) is 4.79 Å². The minimum Gasteiger partial charge on any atom is -0.480 e. The van der Waals surface area contributed by atoms with Crippen LogP contribution in [0.25, 0.3) is 11.4 Å². The highest BCUT2D eigenvalue weighted by molar-refractivity contribution is 7.99. The molecular weight excluding hydrogens is 302 g/mol. The zero-order valence-corrected chi connectivity index (χ0v) is 13.0. The molecule has 0 radical (unpaired) electrons. The average Bonchev–Trinajstić information content (AvgIpc) is 2.95. The van der Waals surface area contributed by atoms with Gasteiger partial charge in [-0.2, -0.15) is 16.7 Å². The van der Waals surface area contributed by atoms with Crippen LogP contribution in [0, 0.1) is 6.92 Å². The Morgan fingerprint density at radius 2 is 2.18 bits per heavy atom. The van der Waals surface area contributed by atoms with Crippen molar-refractivity contribution in [3.63, 3.8) is 0 Å². The van der Waals surface area contributed by atoms with Gasteiger partial charge in [0.05, 0.1) is 0 Å². The number of thioether (sulfide) groups is 1. The Hall–Kier alpha value is -2.02. The SMILES string of the molecule is Cc1nc(-c2cccc(NC3(C(=O)O)CCSCC3)c2)no1. The number of aryl methyl sites for hydroxylation is 1. The summed E-state index contributed by atoms with van der Waals surface area (Å²) in [4.78, 5) is 15.9. The van der Waals surface area contributed by atoms with Crippen LogP contribution in [0.15, 0.2) is 28.8 Å². The summed E-state index contributed by atoms with van der Waals surface area (Å²) in [6.07, 6.45) is 1.22. The predicted molar refractivity (Wildman–Crippen MR) is 85.0 cm³/mol. The minimum atomic E-state index is -0.892. The molecule has 6 nitrogen and oxygen atoms in total. The summed E-state index contributed by atoms with van der Waals surface area (Å²) in [6, 6.07) is 7.45. The van der Waals surface area contributed by atoms with E-state index in [0.717, 1.165) is 22.8 Å². The number of nitrogens with one attached hydrogen (secondary N) is 1. The maximum absolute atomic E-state index is 11.7. The molecule has 22 heavy (non-hydrogen) atoms. The van der Waals surface area contributed by atoms with Crippen molar-refractivity contribution < 1.29 is 14.4 Å². The molecule has 1 fully saturated rings. The van der Waals surface area contributed by atoms with Crippen LogP contribution in [0.5, 0.6) is 0 Å². The fraction of sp³-hybridized carbons (Fsp3) is 0.400. The van der Waals surface area contributed by atoms with Crippen molar-refractivity contribution in [3.8, 4) is 11.4 Å². The molecule has 2 heterocycles. The second kappa shape index (κ2) is 6.00. The lowest BCUT2D eigenvalue weighted by atomic mass is 9.92. The Balaban J connectivity index is 1.87. The number of nitrogens with zero attached hydrogens (tertiary/aromatic N) is 2. The predicted octanol–water partition coefficient (Wildman–Crippen LogP) is 2.81. The van der Waals surface area contributed by atoms with E-state index in [1.165, 1.54) is 0 Å². The summed E-state index contributed by atoms with van der Waals surface area (Å²) >= 11 is 1.79. The standard InChI is InChI=1S/C15H17N3O3S/c1-10-16-13(18-21-10)11-3-2-4-12(9-11)17-15(14(19)20)5-7-22-8-6-15/h2-4,9,17H,5-8H2,1H3,(H,19,20). The number of hydrogen-bond donors (Lipinski definition) is 2. The summed E-state index contributed by atoms with van der Waals surface area (Å²) in [5.74, 6) is 1.91. The van der Waals surface area contributed by atoms with Crippen LogP contribution in [0.2, 0.25) is 0 Å². The molecule has 0 unspecified atom stereocenters. The Bertz CT molecular complexity index is 680. The summed E-state index contributed by atoms with van der Waals surface area (Å²) in [7, 11) is 0. The number of hydrogen-bond acceptors (Lipinski definition) is 6. The van der Waals surface area contributed by atoms with Gasteiger partial charge in [0.15, 0.2) is 0 Å². The zero-order chi connectivity index (χ0) is 15.6. The van der Waals surface area contributed by atoms with E-state index in [0.29, 0.717) is 24.6 Å². The van der Waals surface area contributed by atoms with Gasteiger partial charge in [0.1, 0.15) is 5.54 Å². The van der Waals surface area contributed by atoms with E-state index in [2.05, 4.69) is 15.5 Å². The Labute approximate surface area is 132 Å². The molecule has 2 N–H and O–H groups in total. The van der Waals surface area contributed by atoms with Gasteiger partial charge in [0.25, 0.3) is 0 Å². The summed E-state index contributed by atoms with van der Waals surface area (Å²) < 4.78 is 4.99. The van der Waals surface area contributed by atoms with Gasteiger partial charge >= 0.3 is 5.97 Å². The van der Waals surface area contributed by atoms with Gasteiger partial charge in [-0.15, -0.1) is 0 Å². The summed E-state index contributed by atoms with van der Waals surface area (Å²) in [5, 5.41) is 16.7. The van der Waals surface area contributed by atoms with Crippen molar-refractivity contribution in [2.45, 2.75) is 25.3 Å². The third-order valence-corrected chi connectivity index (χ3v) is 4.77. The highest BCUT2D eigenvalue weighted by Crippen LogP contribution is 2.32. The van der Waals surface area contributed by atoms with Crippen molar-refractivity contribution in [3.05, 3.63) is 30.2 Å². The van der Waals surface area contributed by atoms with E-state index in [-0.39, 0.29) is 0 Å². The molecule has 0 atom stereocenters. The molecule has 7 heteroatoms. The molecule has 2 aromatic rings. The van der Waals surface area contributed by atoms with E-state index in [1.54, 1.807) is 18.7 Å². The molecule has 1 aliphatic rings. The molecular formula is C15H17N3O3S. The second-order valence-electron chi connectivity index (χ2n) is 5.34. The molecule has 1 aliphatic heterocycles. The molecule has 1 aromatic heterocycles. The monoisotopic (exact) mass is 319 g/mol. The van der Waals surface area contributed by atoms with Crippen LogP contribution in [-0.2, 0) is 4.79 Å². The van der Waals surface area contributed by atoms with Crippen LogP contribution < -0.4 is 5.32 Å². The average molecular weight is 319 g/mol. The number of carboxylic acid groups (broad SMARTS) is 1. The van der Waals surface area contributed by atoms with E-state index >= 15 is 0 Å². The molecule has 0 spiro atoms. The first kappa shape index (κ1) is 14.9. The number of rotatable bonds is 4. The van der Waals surface area contributed by atoms with Gasteiger partial charge in [0.2, 0.25) is 11.7 Å². The lowest BCUT2D eigenvalue weighted by molar-refractivity contribution is -0.142. The number of anilines is 1. The highest BCUT2D eigenvalue weighted by Gasteiger charge is 2.39. The third-order valence-electron chi connectivity index (χ3n) is 3.79. The van der Waals surface area contributed by atoms with Crippen molar-refractivity contribution >= 4 is 23.4 Å². The Kier molecular flexibility index (Phi) is 4.06. The molecule has 0 saturated carbocycles. The maximum Gasteiger partial charge on any atom is 0.329 e. The van der Waals surface area contributed by atoms with Crippen LogP contribution in [0.4, 0.5) is 5.69 Å². The molecule has 0 aliphatic carbocycles. The first-order valence-electron chi connectivity index (χ1n) is 7.09. The van der Waals surface area contributed by atoms with Gasteiger partial charge in [-0.05, 0) is 36.5 Å². The van der Waals surface area contributed by atoms with E-state index in [9.17, 15) is 9.90 Å². The first-order chi connectivity index (χ1) is 10.6. The van der Waals surface area contributed by atoms with Crippen molar-refractivity contribution in [1.82, 2.24) is 10.1 Å². The molecule has 1 aromatic carbocycles. The lowest BCUT2D eigenvalue weighted by Crippen LogP contribution is -2.49. The van der Waals surface area contributed by atoms with Crippen molar-refractivity contribution in [2.75, 3.05) is 16.8 Å². The quantitative estimate of drug-likeness (QED) is 0.895. The molecule has 1 saturated heterocycles. The van der Waals surface area contributed by atoms with Crippen LogP contribution >= 0.6 is 11.8 Å². The minimum absolute atomic E-state index is 0.500. The third kappa shape index (κ3) is 2.94. The maximum atomic E-state index is 11.7. The number of aromatic nitrogens is 2. The number of carboxylic acids is 1. The lowest BCUT2D eigenvalue weighted by Gasteiger charge is -2.34. The van der Waals surface area contributed by atoms with Gasteiger partial charge in [0, 0.05) is 18.2 Å². The van der Waals surface area contributed by atoms with E-state index < -0.39 is 11.5 Å². The van der Waals surface area contributed by atoms with Crippen LogP contribution in [0.3, 0.4) is 0 Å². The van der Waals surface area contributed by atoms with Crippen LogP contribution in [0.1, 0.15) is 18.7 Å². The summed E-state index contributed by atoms with van der Waals surface area (Å²) in [5.41, 5.74) is 0.665. The molecule has 0 amide bonds. The van der Waals surface area contributed by atoms with Crippen molar-refractivity contribution in [1.29, 1.82) is 0 Å². The second-order valence-corrected chi connectivity index (χ2v) is 6.57. The molecule has 116 valence electrons. The normalized spacial score (nSPS) is 17.1. The fourth-order valence-electron chi connectivity index (χ4n) is 2.54. The summed E-state index contributed by atoms with van der Waals surface area (Å²) in [6.45, 7) is 1.73. The van der Waals surface area contributed by atoms with Gasteiger partial charge in [-0.1, -0.05) is 17.3 Å². The number of benzene rings is 1. The topological polar surface area (TPSA) is 88.2 Å². The van der Waals surface area contributed by atoms with E-state index in [4.69, 9.17) is 4.52 Å². The molecule has 0 bridgehead atoms. The number of carbonyl (C=O) groups is 1. The highest BCUT2D eigenvalue weighted by atomic mass is 32.2. The molecule has 3 rings (SSSR count). The largest absolute Gasteiger partial charge is 0.480 e. The zero-order valence-electron chi connectivity index (χ0n) is 12.2. The van der Waals surface area contributed by atoms with Crippen molar-refractivity contribution in [2.24, 2.45) is 0 Å². The Morgan fingerprint density at radius 3 is 2.82 bits per heavy atom. The van der Waals surface area contributed by atoms with Gasteiger partial charge < -0.3 is 14.9 Å². The van der Waals surface area contributed by atoms with Crippen LogP contribution in [-0.4, -0.2) is 38.3 Å². The first-order valence-corrected chi connectivity index (χ1v) is 8.25. The van der Waals surface area contributed by atoms with Gasteiger partial charge in [-0.3, -0.25) is 0 Å². The number of aliphatic carboxylic acids is 1.